The number of rotatable bonds is 4. The molecule has 0 radical (unpaired) electrons. The summed E-state index contributed by atoms with van der Waals surface area (Å²) in [6.45, 7) is 0.375. The molecular formula is C22H17F2N3O. The second-order valence-corrected chi connectivity index (χ2v) is 6.40. The molecule has 0 aliphatic carbocycles. The number of carbonyl (C=O) groups is 1. The number of hydrogen-bond donors (Lipinski definition) is 1. The number of amidine groups is 1. The fourth-order valence-electron chi connectivity index (χ4n) is 3.23. The molecule has 4 nitrogen and oxygen atoms in total. The van der Waals surface area contributed by atoms with Gasteiger partial charge in [-0.15, -0.1) is 0 Å². The monoisotopic (exact) mass is 377 g/mol. The Bertz CT molecular complexity index is 1020. The summed E-state index contributed by atoms with van der Waals surface area (Å²) in [4.78, 5) is 18.5. The van der Waals surface area contributed by atoms with Crippen LogP contribution in [0.4, 0.5) is 19.3 Å². The Labute approximate surface area is 161 Å². The van der Waals surface area contributed by atoms with Crippen molar-refractivity contribution in [1.29, 1.82) is 0 Å². The molecule has 3 aromatic carbocycles. The maximum absolute atomic E-state index is 14.4. The van der Waals surface area contributed by atoms with Gasteiger partial charge >= 0.3 is 6.03 Å². The maximum atomic E-state index is 14.4. The minimum Gasteiger partial charge on any atom is -0.294 e. The third-order valence-corrected chi connectivity index (χ3v) is 4.53. The number of carbonyl (C=O) groups excluding carboxylic acids is 1. The van der Waals surface area contributed by atoms with Crippen LogP contribution in [0.3, 0.4) is 0 Å². The van der Waals surface area contributed by atoms with E-state index in [-0.39, 0.29) is 5.69 Å². The van der Waals surface area contributed by atoms with Crippen molar-refractivity contribution in [3.8, 4) is 0 Å². The summed E-state index contributed by atoms with van der Waals surface area (Å²) in [6, 6.07) is 20.9. The first-order chi connectivity index (χ1) is 13.6. The van der Waals surface area contributed by atoms with Crippen LogP contribution in [0.1, 0.15) is 17.2 Å². The van der Waals surface area contributed by atoms with Crippen molar-refractivity contribution < 1.29 is 13.6 Å². The molecular weight excluding hydrogens is 360 g/mol. The summed E-state index contributed by atoms with van der Waals surface area (Å²) in [6.07, 6.45) is 0. The highest BCUT2D eigenvalue weighted by atomic mass is 19.1. The van der Waals surface area contributed by atoms with Gasteiger partial charge in [0.15, 0.2) is 0 Å². The van der Waals surface area contributed by atoms with E-state index in [0.717, 1.165) is 23.3 Å². The van der Waals surface area contributed by atoms with Crippen molar-refractivity contribution in [2.24, 2.45) is 4.99 Å². The van der Waals surface area contributed by atoms with Crippen LogP contribution in [0.5, 0.6) is 0 Å². The molecule has 6 heteroatoms. The van der Waals surface area contributed by atoms with Gasteiger partial charge < -0.3 is 0 Å². The average Bonchev–Trinajstić information content (AvgIpc) is 3.04. The molecule has 0 bridgehead atoms. The number of amides is 2. The van der Waals surface area contributed by atoms with Crippen molar-refractivity contribution in [2.75, 3.05) is 4.90 Å². The van der Waals surface area contributed by atoms with E-state index in [2.05, 4.69) is 10.3 Å². The third kappa shape index (κ3) is 3.49. The van der Waals surface area contributed by atoms with Crippen LogP contribution in [0.2, 0.25) is 0 Å². The van der Waals surface area contributed by atoms with Gasteiger partial charge in [0.25, 0.3) is 0 Å². The second kappa shape index (κ2) is 7.60. The fourth-order valence-corrected chi connectivity index (χ4v) is 3.23. The van der Waals surface area contributed by atoms with E-state index in [0.29, 0.717) is 12.4 Å². The van der Waals surface area contributed by atoms with E-state index in [1.54, 1.807) is 0 Å². The highest BCUT2D eigenvalue weighted by molar-refractivity contribution is 6.16. The normalized spacial score (nSPS) is 17.8. The van der Waals surface area contributed by atoms with Crippen LogP contribution in [0.25, 0.3) is 0 Å². The molecule has 140 valence electrons. The van der Waals surface area contributed by atoms with Gasteiger partial charge in [0.2, 0.25) is 0 Å². The Hall–Kier alpha value is -3.54. The average molecular weight is 377 g/mol. The number of halogens is 2. The van der Waals surface area contributed by atoms with Gasteiger partial charge in [-0.05, 0) is 23.3 Å². The van der Waals surface area contributed by atoms with Crippen molar-refractivity contribution in [3.63, 3.8) is 0 Å². The first-order valence-electron chi connectivity index (χ1n) is 8.82. The third-order valence-electron chi connectivity index (χ3n) is 4.53. The minimum absolute atomic E-state index is 0.00216. The van der Waals surface area contributed by atoms with E-state index < -0.39 is 23.7 Å². The quantitative estimate of drug-likeness (QED) is 0.695. The van der Waals surface area contributed by atoms with Crippen molar-refractivity contribution in [1.82, 2.24) is 5.32 Å². The Morgan fingerprint density at radius 1 is 0.929 bits per heavy atom. The van der Waals surface area contributed by atoms with E-state index in [1.807, 2.05) is 60.7 Å². The number of benzene rings is 3. The van der Waals surface area contributed by atoms with Gasteiger partial charge in [0.05, 0.1) is 12.2 Å². The van der Waals surface area contributed by atoms with Crippen molar-refractivity contribution >= 4 is 17.6 Å². The molecule has 2 amide bonds. The maximum Gasteiger partial charge on any atom is 0.328 e. The molecule has 1 heterocycles. The molecule has 0 aromatic heterocycles. The molecule has 1 unspecified atom stereocenters. The van der Waals surface area contributed by atoms with Crippen LogP contribution >= 0.6 is 0 Å². The number of hydrogen-bond acceptors (Lipinski definition) is 2. The first-order valence-corrected chi connectivity index (χ1v) is 8.82. The molecule has 28 heavy (non-hydrogen) atoms. The largest absolute Gasteiger partial charge is 0.328 e. The van der Waals surface area contributed by atoms with Crippen LogP contribution in [-0.2, 0) is 6.54 Å². The van der Waals surface area contributed by atoms with Gasteiger partial charge in [-0.3, -0.25) is 15.2 Å². The van der Waals surface area contributed by atoms with Gasteiger partial charge in [0.1, 0.15) is 23.5 Å². The highest BCUT2D eigenvalue weighted by Gasteiger charge is 2.39. The molecule has 3 aromatic rings. The first kappa shape index (κ1) is 17.9. The number of nitrogens with zero attached hydrogens (tertiary/aromatic N) is 2. The molecule has 1 atom stereocenters. The zero-order valence-corrected chi connectivity index (χ0v) is 14.8. The van der Waals surface area contributed by atoms with Crippen LogP contribution in [0, 0.1) is 11.6 Å². The summed E-state index contributed by atoms with van der Waals surface area (Å²) in [5.41, 5.74) is 1.76. The predicted molar refractivity (Wildman–Crippen MR) is 104 cm³/mol. The lowest BCUT2D eigenvalue weighted by atomic mass is 10.0. The SMILES string of the molecule is O=C1NC(=NCc2ccccc2)C(c2ccccc2)N1c1ccc(F)cc1F. The Morgan fingerprint density at radius 3 is 2.29 bits per heavy atom. The van der Waals surface area contributed by atoms with Crippen molar-refractivity contribution in [3.05, 3.63) is 102 Å². The van der Waals surface area contributed by atoms with E-state index in [1.165, 1.54) is 11.0 Å². The zero-order valence-electron chi connectivity index (χ0n) is 14.8. The van der Waals surface area contributed by atoms with Crippen LogP contribution in [-0.4, -0.2) is 11.9 Å². The molecule has 1 fully saturated rings. The summed E-state index contributed by atoms with van der Waals surface area (Å²) >= 11 is 0. The lowest BCUT2D eigenvalue weighted by molar-refractivity contribution is 0.252. The Kier molecular flexibility index (Phi) is 4.85. The minimum atomic E-state index is -0.805. The molecule has 0 saturated carbocycles. The van der Waals surface area contributed by atoms with Crippen LogP contribution < -0.4 is 10.2 Å². The summed E-state index contributed by atoms with van der Waals surface area (Å²) in [7, 11) is 0. The molecule has 0 spiro atoms. The molecule has 1 N–H and O–H groups in total. The van der Waals surface area contributed by atoms with E-state index >= 15 is 0 Å². The highest BCUT2D eigenvalue weighted by Crippen LogP contribution is 2.34. The standard InChI is InChI=1S/C22H17F2N3O/c23-17-11-12-19(18(24)13-17)27-20(16-9-5-2-6-10-16)21(26-22(27)28)25-14-15-7-3-1-4-8-15/h1-13,20H,14H2,(H,25,26,28). The fraction of sp³-hybridized carbons (Fsp3) is 0.0909. The summed E-state index contributed by atoms with van der Waals surface area (Å²) < 4.78 is 27.8. The van der Waals surface area contributed by atoms with Gasteiger partial charge in [-0.25, -0.2) is 13.6 Å². The molecule has 1 saturated heterocycles. The van der Waals surface area contributed by atoms with Gasteiger partial charge in [-0.2, -0.15) is 0 Å². The second-order valence-electron chi connectivity index (χ2n) is 6.40. The number of nitrogens with one attached hydrogen (secondary N) is 1. The predicted octanol–water partition coefficient (Wildman–Crippen LogP) is 4.83. The summed E-state index contributed by atoms with van der Waals surface area (Å²) in [5, 5.41) is 2.74. The number of aliphatic imine (C=N–C) groups is 1. The lowest BCUT2D eigenvalue weighted by Crippen LogP contribution is -2.30. The topological polar surface area (TPSA) is 44.7 Å². The van der Waals surface area contributed by atoms with Gasteiger partial charge in [0, 0.05) is 6.07 Å². The van der Waals surface area contributed by atoms with E-state index in [9.17, 15) is 13.6 Å². The zero-order chi connectivity index (χ0) is 19.5. The smallest absolute Gasteiger partial charge is 0.294 e. The summed E-state index contributed by atoms with van der Waals surface area (Å²) in [5.74, 6) is -1.08. The number of anilines is 1. The molecule has 4 rings (SSSR count). The Balaban J connectivity index is 1.76. The number of urea groups is 1. The van der Waals surface area contributed by atoms with Crippen LogP contribution in [0.15, 0.2) is 83.9 Å². The Morgan fingerprint density at radius 2 is 1.61 bits per heavy atom. The van der Waals surface area contributed by atoms with E-state index in [4.69, 9.17) is 0 Å². The lowest BCUT2D eigenvalue weighted by Gasteiger charge is -2.23. The molecule has 1 aliphatic rings. The molecule has 1 aliphatic heterocycles. The van der Waals surface area contributed by atoms with Gasteiger partial charge in [-0.1, -0.05) is 60.7 Å². The van der Waals surface area contributed by atoms with Crippen molar-refractivity contribution in [2.45, 2.75) is 12.6 Å².